The first-order valence-electron chi connectivity index (χ1n) is 10.5. The fraction of sp³-hybridized carbons (Fsp3) is 0.409. The molecule has 12 heteroatoms. The molecular weight excluding hydrogens is 482 g/mol. The molecule has 1 N–H and O–H groups in total. The molecule has 0 spiro atoms. The number of carbonyl (C=O) groups excluding carboxylic acids is 1. The smallest absolute Gasteiger partial charge is 0.433 e. The summed E-state index contributed by atoms with van der Waals surface area (Å²) >= 11 is 6.12. The molecule has 2 aliphatic rings. The SMILES string of the molecule is C[C@]1(O)C[C@@H](n2ncc(-c3onc(-c4c(F)cccc4Cl)c3C(=O)OC3CC3)c2C(F)(F)F)C1. The van der Waals surface area contributed by atoms with Crippen LogP contribution in [-0.2, 0) is 10.9 Å². The number of carbonyl (C=O) groups is 1. The lowest BCUT2D eigenvalue weighted by molar-refractivity contribution is -0.148. The van der Waals surface area contributed by atoms with Crippen molar-refractivity contribution < 1.29 is 36.7 Å². The number of nitrogens with zero attached hydrogens (tertiary/aromatic N) is 3. The van der Waals surface area contributed by atoms with Crippen LogP contribution in [0.15, 0.2) is 28.9 Å². The summed E-state index contributed by atoms with van der Waals surface area (Å²) in [7, 11) is 0. The van der Waals surface area contributed by atoms with Gasteiger partial charge in [0.25, 0.3) is 0 Å². The zero-order chi connectivity index (χ0) is 24.4. The summed E-state index contributed by atoms with van der Waals surface area (Å²) in [4.78, 5) is 13.0. The molecular formula is C22H18ClF4N3O4. The highest BCUT2D eigenvalue weighted by Crippen LogP contribution is 2.47. The average Bonchev–Trinajstić information content (AvgIpc) is 3.24. The number of esters is 1. The topological polar surface area (TPSA) is 90.4 Å². The fourth-order valence-corrected chi connectivity index (χ4v) is 4.42. The maximum Gasteiger partial charge on any atom is 0.433 e. The highest BCUT2D eigenvalue weighted by Gasteiger charge is 2.47. The number of aromatic nitrogens is 3. The van der Waals surface area contributed by atoms with Crippen LogP contribution in [0.2, 0.25) is 5.02 Å². The van der Waals surface area contributed by atoms with E-state index >= 15 is 0 Å². The Balaban J connectivity index is 1.68. The molecule has 0 unspecified atom stereocenters. The summed E-state index contributed by atoms with van der Waals surface area (Å²) in [5, 5.41) is 17.5. The van der Waals surface area contributed by atoms with E-state index in [0.717, 1.165) is 16.9 Å². The summed E-state index contributed by atoms with van der Waals surface area (Å²) < 4.78 is 68.4. The molecule has 180 valence electrons. The molecule has 2 saturated carbocycles. The van der Waals surface area contributed by atoms with Crippen molar-refractivity contribution in [1.82, 2.24) is 14.9 Å². The Morgan fingerprint density at radius 2 is 2.03 bits per heavy atom. The van der Waals surface area contributed by atoms with E-state index in [-0.39, 0.29) is 35.2 Å². The van der Waals surface area contributed by atoms with Crippen LogP contribution >= 0.6 is 11.6 Å². The Labute approximate surface area is 195 Å². The van der Waals surface area contributed by atoms with Crippen molar-refractivity contribution in [2.24, 2.45) is 0 Å². The maximum absolute atomic E-state index is 14.6. The van der Waals surface area contributed by atoms with Crippen LogP contribution in [0.25, 0.3) is 22.6 Å². The van der Waals surface area contributed by atoms with Gasteiger partial charge in [0.15, 0.2) is 11.5 Å². The van der Waals surface area contributed by atoms with E-state index < -0.39 is 52.2 Å². The number of benzene rings is 1. The van der Waals surface area contributed by atoms with Crippen LogP contribution in [0.4, 0.5) is 17.6 Å². The van der Waals surface area contributed by atoms with Crippen LogP contribution in [0.3, 0.4) is 0 Å². The second-order valence-corrected chi connectivity index (χ2v) is 9.25. The minimum Gasteiger partial charge on any atom is -0.459 e. The van der Waals surface area contributed by atoms with Crippen molar-refractivity contribution in [3.8, 4) is 22.6 Å². The zero-order valence-electron chi connectivity index (χ0n) is 17.7. The van der Waals surface area contributed by atoms with Gasteiger partial charge >= 0.3 is 12.1 Å². The molecule has 5 rings (SSSR count). The lowest BCUT2D eigenvalue weighted by Crippen LogP contribution is -2.43. The predicted octanol–water partition coefficient (Wildman–Crippen LogP) is 5.42. The molecule has 0 saturated heterocycles. The van der Waals surface area contributed by atoms with Crippen LogP contribution in [-0.4, -0.2) is 37.7 Å². The number of hydrogen-bond acceptors (Lipinski definition) is 6. The molecule has 0 radical (unpaired) electrons. The van der Waals surface area contributed by atoms with Crippen LogP contribution in [0, 0.1) is 5.82 Å². The molecule has 0 amide bonds. The molecule has 34 heavy (non-hydrogen) atoms. The van der Waals surface area contributed by atoms with Crippen molar-refractivity contribution in [3.63, 3.8) is 0 Å². The Hall–Kier alpha value is -2.92. The maximum atomic E-state index is 14.6. The first-order valence-corrected chi connectivity index (χ1v) is 10.9. The molecule has 0 aliphatic heterocycles. The normalized spacial score (nSPS) is 22.5. The summed E-state index contributed by atoms with van der Waals surface area (Å²) in [6.45, 7) is 1.52. The molecule has 0 atom stereocenters. The van der Waals surface area contributed by atoms with Gasteiger partial charge in [-0.2, -0.15) is 18.3 Å². The van der Waals surface area contributed by atoms with Crippen molar-refractivity contribution in [3.05, 3.63) is 46.5 Å². The second-order valence-electron chi connectivity index (χ2n) is 8.84. The summed E-state index contributed by atoms with van der Waals surface area (Å²) in [5.41, 5.74) is -3.94. The summed E-state index contributed by atoms with van der Waals surface area (Å²) in [6.07, 6.45) is -3.00. The molecule has 1 aromatic carbocycles. The highest BCUT2D eigenvalue weighted by molar-refractivity contribution is 6.33. The standard InChI is InChI=1S/C22H18ClF4N3O4/c1-21(32)7-10(8-21)30-19(22(25,26)27)12(9-28-30)18-16(20(31)33-11-5-6-11)17(29-34-18)15-13(23)3-2-4-14(15)24/h2-4,9-11,32H,5-8H2,1H3/t10-,21+. The molecule has 2 heterocycles. The molecule has 7 nitrogen and oxygen atoms in total. The Morgan fingerprint density at radius 3 is 2.62 bits per heavy atom. The largest absolute Gasteiger partial charge is 0.459 e. The minimum atomic E-state index is -4.88. The number of hydrogen-bond donors (Lipinski definition) is 1. The Kier molecular flexibility index (Phi) is 5.25. The second kappa shape index (κ2) is 7.81. The number of aliphatic hydroxyl groups is 1. The van der Waals surface area contributed by atoms with Gasteiger partial charge in [0.1, 0.15) is 23.2 Å². The third kappa shape index (κ3) is 3.96. The van der Waals surface area contributed by atoms with Crippen molar-refractivity contribution in [1.29, 1.82) is 0 Å². The van der Waals surface area contributed by atoms with Gasteiger partial charge in [-0.3, -0.25) is 4.68 Å². The van der Waals surface area contributed by atoms with Gasteiger partial charge in [-0.1, -0.05) is 22.8 Å². The van der Waals surface area contributed by atoms with Gasteiger partial charge in [0.2, 0.25) is 0 Å². The molecule has 0 bridgehead atoms. The van der Waals surface area contributed by atoms with Crippen molar-refractivity contribution in [2.45, 2.75) is 56.5 Å². The number of halogens is 5. The third-order valence-electron chi connectivity index (χ3n) is 5.90. The highest BCUT2D eigenvalue weighted by atomic mass is 35.5. The molecule has 3 aromatic rings. The molecule has 2 fully saturated rings. The van der Waals surface area contributed by atoms with Gasteiger partial charge in [0.05, 0.1) is 34.0 Å². The van der Waals surface area contributed by atoms with E-state index in [1.54, 1.807) is 0 Å². The average molecular weight is 500 g/mol. The lowest BCUT2D eigenvalue weighted by atomic mass is 9.77. The van der Waals surface area contributed by atoms with Gasteiger partial charge in [-0.25, -0.2) is 9.18 Å². The summed E-state index contributed by atoms with van der Waals surface area (Å²) in [5.74, 6) is -2.39. The first kappa shape index (κ1) is 22.9. The van der Waals surface area contributed by atoms with Gasteiger partial charge in [-0.05, 0) is 44.7 Å². The first-order chi connectivity index (χ1) is 16.0. The van der Waals surface area contributed by atoms with Gasteiger partial charge in [0, 0.05) is 0 Å². The molecule has 2 aliphatic carbocycles. The quantitative estimate of drug-likeness (QED) is 0.372. The third-order valence-corrected chi connectivity index (χ3v) is 6.21. The Bertz CT molecular complexity index is 1250. The Morgan fingerprint density at radius 1 is 1.32 bits per heavy atom. The van der Waals surface area contributed by atoms with E-state index in [1.807, 2.05) is 0 Å². The van der Waals surface area contributed by atoms with E-state index in [0.29, 0.717) is 12.8 Å². The van der Waals surface area contributed by atoms with E-state index in [4.69, 9.17) is 20.9 Å². The lowest BCUT2D eigenvalue weighted by Gasteiger charge is -2.41. The fourth-order valence-electron chi connectivity index (χ4n) is 4.17. The van der Waals surface area contributed by atoms with E-state index in [1.165, 1.54) is 19.1 Å². The van der Waals surface area contributed by atoms with E-state index in [9.17, 15) is 27.5 Å². The zero-order valence-corrected chi connectivity index (χ0v) is 18.5. The van der Waals surface area contributed by atoms with Gasteiger partial charge in [-0.15, -0.1) is 0 Å². The van der Waals surface area contributed by atoms with Crippen LogP contribution in [0.5, 0.6) is 0 Å². The van der Waals surface area contributed by atoms with Crippen molar-refractivity contribution >= 4 is 17.6 Å². The van der Waals surface area contributed by atoms with Crippen molar-refractivity contribution in [2.75, 3.05) is 0 Å². The minimum absolute atomic E-state index is 0.0697. The number of alkyl halides is 3. The number of ether oxygens (including phenoxy) is 1. The van der Waals surface area contributed by atoms with E-state index in [2.05, 4.69) is 10.3 Å². The monoisotopic (exact) mass is 499 g/mol. The van der Waals surface area contributed by atoms with Gasteiger partial charge < -0.3 is 14.4 Å². The predicted molar refractivity (Wildman–Crippen MR) is 110 cm³/mol. The molecule has 2 aromatic heterocycles. The van der Waals surface area contributed by atoms with Crippen LogP contribution in [0.1, 0.15) is 54.7 Å². The summed E-state index contributed by atoms with van der Waals surface area (Å²) in [6, 6.07) is 3.06. The number of rotatable bonds is 5. The van der Waals surface area contributed by atoms with Crippen LogP contribution < -0.4 is 0 Å².